The molecule has 3 nitrogen and oxygen atoms in total. The highest BCUT2D eigenvalue weighted by atomic mass is 15.1. The van der Waals surface area contributed by atoms with Crippen LogP contribution in [0.2, 0.25) is 0 Å². The van der Waals surface area contributed by atoms with Crippen LogP contribution >= 0.6 is 0 Å². The van der Waals surface area contributed by atoms with Crippen LogP contribution in [-0.4, -0.2) is 73.6 Å². The summed E-state index contributed by atoms with van der Waals surface area (Å²) in [4.78, 5) is 7.55. The smallest absolute Gasteiger partial charge is 0.00188 e. The fourth-order valence-corrected chi connectivity index (χ4v) is 3.44. The average molecular weight is 430 g/mol. The van der Waals surface area contributed by atoms with Gasteiger partial charge >= 0.3 is 0 Å². The number of unbranched alkanes of at least 4 members (excludes halogenated alkanes) is 3. The molecule has 0 heterocycles. The maximum Gasteiger partial charge on any atom is -0.00188 e. The molecule has 0 bridgehead atoms. The molecule has 0 saturated carbocycles. The lowest BCUT2D eigenvalue weighted by atomic mass is 10.2. The monoisotopic (exact) mass is 430 g/mol. The van der Waals surface area contributed by atoms with Crippen molar-refractivity contribution in [3.63, 3.8) is 0 Å². The van der Waals surface area contributed by atoms with Gasteiger partial charge in [0.2, 0.25) is 0 Å². The SMILES string of the molecule is CCCCN(CCCC)CCCC.CCCN(CCC)CCC.CCN(CC)CC. The van der Waals surface area contributed by atoms with Gasteiger partial charge in [0.05, 0.1) is 0 Å². The molecule has 0 rings (SSSR count). The van der Waals surface area contributed by atoms with E-state index in [-0.39, 0.29) is 0 Å². The van der Waals surface area contributed by atoms with E-state index in [1.54, 1.807) is 0 Å². The van der Waals surface area contributed by atoms with Crippen LogP contribution in [0.15, 0.2) is 0 Å². The maximum absolute atomic E-state index is 2.64. The molecule has 0 N–H and O–H groups in total. The Morgan fingerprint density at radius 2 is 0.567 bits per heavy atom. The molecule has 0 saturated heterocycles. The van der Waals surface area contributed by atoms with E-state index in [4.69, 9.17) is 0 Å². The second-order valence-electron chi connectivity index (χ2n) is 8.36. The highest BCUT2D eigenvalue weighted by Crippen LogP contribution is 2.01. The fraction of sp³-hybridized carbons (Fsp3) is 1.00. The summed E-state index contributed by atoms with van der Waals surface area (Å²) in [5, 5.41) is 0. The van der Waals surface area contributed by atoms with Crippen molar-refractivity contribution in [3.8, 4) is 0 Å². The second-order valence-corrected chi connectivity index (χ2v) is 8.36. The summed E-state index contributed by atoms with van der Waals surface area (Å²) < 4.78 is 0. The van der Waals surface area contributed by atoms with Gasteiger partial charge in [-0.25, -0.2) is 0 Å². The normalized spacial score (nSPS) is 10.8. The molecule has 0 spiro atoms. The summed E-state index contributed by atoms with van der Waals surface area (Å²) in [5.41, 5.74) is 0. The number of hydrogen-bond acceptors (Lipinski definition) is 3. The molecule has 0 aromatic heterocycles. The van der Waals surface area contributed by atoms with Crippen molar-refractivity contribution >= 4 is 0 Å². The van der Waals surface area contributed by atoms with Crippen LogP contribution in [0.5, 0.6) is 0 Å². The highest BCUT2D eigenvalue weighted by Gasteiger charge is 2.02. The molecule has 186 valence electrons. The zero-order valence-corrected chi connectivity index (χ0v) is 23.1. The second kappa shape index (κ2) is 31.1. The third kappa shape index (κ3) is 27.9. The molecule has 0 aromatic rings. The van der Waals surface area contributed by atoms with Crippen molar-refractivity contribution < 1.29 is 0 Å². The van der Waals surface area contributed by atoms with Gasteiger partial charge in [-0.2, -0.15) is 0 Å². The summed E-state index contributed by atoms with van der Waals surface area (Å²) in [7, 11) is 0. The lowest BCUT2D eigenvalue weighted by Crippen LogP contribution is -2.27. The van der Waals surface area contributed by atoms with Crippen LogP contribution in [0.3, 0.4) is 0 Å². The van der Waals surface area contributed by atoms with Gasteiger partial charge in [-0.15, -0.1) is 0 Å². The lowest BCUT2D eigenvalue weighted by molar-refractivity contribution is 0.261. The zero-order valence-electron chi connectivity index (χ0n) is 23.1. The van der Waals surface area contributed by atoms with E-state index in [0.717, 1.165) is 0 Å². The summed E-state index contributed by atoms with van der Waals surface area (Å²) in [6, 6.07) is 0. The van der Waals surface area contributed by atoms with E-state index in [9.17, 15) is 0 Å². The van der Waals surface area contributed by atoms with E-state index in [0.29, 0.717) is 0 Å². The van der Waals surface area contributed by atoms with Gasteiger partial charge in [-0.05, 0) is 97.4 Å². The van der Waals surface area contributed by atoms with Crippen LogP contribution in [0.25, 0.3) is 0 Å². The number of nitrogens with zero attached hydrogens (tertiary/aromatic N) is 3. The van der Waals surface area contributed by atoms with Crippen molar-refractivity contribution in [2.75, 3.05) is 58.9 Å². The molecule has 0 unspecified atom stereocenters. The van der Waals surface area contributed by atoms with Crippen LogP contribution < -0.4 is 0 Å². The summed E-state index contributed by atoms with van der Waals surface area (Å²) in [6.07, 6.45) is 12.0. The molecule has 30 heavy (non-hydrogen) atoms. The fourth-order valence-electron chi connectivity index (χ4n) is 3.44. The average Bonchev–Trinajstić information content (AvgIpc) is 2.76. The Balaban J connectivity index is -0.000000383. The number of rotatable bonds is 18. The summed E-state index contributed by atoms with van der Waals surface area (Å²) >= 11 is 0. The molecular weight excluding hydrogens is 366 g/mol. The largest absolute Gasteiger partial charge is 0.304 e. The Bertz CT molecular complexity index is 228. The molecule has 0 fully saturated rings. The molecule has 0 aliphatic carbocycles. The summed E-state index contributed by atoms with van der Waals surface area (Å²) in [6.45, 7) is 31.5. The van der Waals surface area contributed by atoms with Crippen LogP contribution in [0.4, 0.5) is 0 Å². The Morgan fingerprint density at radius 3 is 0.733 bits per heavy atom. The van der Waals surface area contributed by atoms with Crippen molar-refractivity contribution in [2.45, 2.75) is 120 Å². The Hall–Kier alpha value is -0.120. The summed E-state index contributed by atoms with van der Waals surface area (Å²) in [5.74, 6) is 0. The van der Waals surface area contributed by atoms with Gasteiger partial charge in [-0.1, -0.05) is 81.6 Å². The molecule has 0 aliphatic heterocycles. The van der Waals surface area contributed by atoms with Gasteiger partial charge in [0.15, 0.2) is 0 Å². The Morgan fingerprint density at radius 1 is 0.300 bits per heavy atom. The first-order valence-corrected chi connectivity index (χ1v) is 13.7. The van der Waals surface area contributed by atoms with Gasteiger partial charge in [0, 0.05) is 0 Å². The van der Waals surface area contributed by atoms with E-state index < -0.39 is 0 Å². The molecule has 3 heteroatoms. The Labute approximate surface area is 194 Å². The predicted octanol–water partition coefficient (Wildman–Crippen LogP) is 7.56. The third-order valence-electron chi connectivity index (χ3n) is 5.44. The van der Waals surface area contributed by atoms with Crippen LogP contribution in [0.1, 0.15) is 120 Å². The first-order valence-electron chi connectivity index (χ1n) is 13.7. The molecule has 0 radical (unpaired) electrons. The molecule has 0 aliphatic rings. The van der Waals surface area contributed by atoms with Gasteiger partial charge in [0.1, 0.15) is 0 Å². The standard InChI is InChI=1S/C12H27N.C9H21N.C6H15N/c1-4-7-10-13(11-8-5-2)12-9-6-3;1-4-7-10(8-5-2)9-6-3;1-4-7(5-2)6-3/h4-12H2,1-3H3;4-9H2,1-3H3;4-6H2,1-3H3. The van der Waals surface area contributed by atoms with E-state index in [2.05, 4.69) is 77.0 Å². The minimum Gasteiger partial charge on any atom is -0.304 e. The van der Waals surface area contributed by atoms with E-state index >= 15 is 0 Å². The van der Waals surface area contributed by atoms with E-state index in [1.165, 1.54) is 117 Å². The maximum atomic E-state index is 2.64. The predicted molar refractivity (Wildman–Crippen MR) is 142 cm³/mol. The molecule has 0 amide bonds. The van der Waals surface area contributed by atoms with Crippen LogP contribution in [0, 0.1) is 0 Å². The van der Waals surface area contributed by atoms with Crippen molar-refractivity contribution in [1.82, 2.24) is 14.7 Å². The van der Waals surface area contributed by atoms with Gasteiger partial charge in [-0.3, -0.25) is 0 Å². The molecule has 0 atom stereocenters. The lowest BCUT2D eigenvalue weighted by Gasteiger charge is -2.21. The van der Waals surface area contributed by atoms with Crippen molar-refractivity contribution in [1.29, 1.82) is 0 Å². The highest BCUT2D eigenvalue weighted by molar-refractivity contribution is 4.57. The van der Waals surface area contributed by atoms with Gasteiger partial charge < -0.3 is 14.7 Å². The number of hydrogen-bond donors (Lipinski definition) is 0. The first kappa shape index (κ1) is 34.5. The topological polar surface area (TPSA) is 9.72 Å². The quantitative estimate of drug-likeness (QED) is 0.222. The minimum absolute atomic E-state index is 1.19. The van der Waals surface area contributed by atoms with Crippen LogP contribution in [-0.2, 0) is 0 Å². The zero-order chi connectivity index (χ0) is 23.5. The van der Waals surface area contributed by atoms with Crippen molar-refractivity contribution in [3.05, 3.63) is 0 Å². The Kier molecular flexibility index (Phi) is 35.7. The molecular formula is C27H63N3. The van der Waals surface area contributed by atoms with E-state index in [1.807, 2.05) is 0 Å². The minimum atomic E-state index is 1.19. The first-order chi connectivity index (χ1) is 14.5. The third-order valence-corrected chi connectivity index (χ3v) is 5.44. The van der Waals surface area contributed by atoms with Gasteiger partial charge in [0.25, 0.3) is 0 Å². The molecule has 0 aromatic carbocycles. The van der Waals surface area contributed by atoms with Crippen molar-refractivity contribution in [2.24, 2.45) is 0 Å².